The highest BCUT2D eigenvalue weighted by Gasteiger charge is 2.15. The predicted octanol–water partition coefficient (Wildman–Crippen LogP) is 3.17. The van der Waals surface area contributed by atoms with Crippen molar-refractivity contribution in [3.8, 4) is 5.75 Å². The highest BCUT2D eigenvalue weighted by Crippen LogP contribution is 2.26. The number of halogens is 1. The van der Waals surface area contributed by atoms with Gasteiger partial charge in [-0.05, 0) is 43.9 Å². The van der Waals surface area contributed by atoms with Crippen molar-refractivity contribution >= 4 is 11.6 Å². The summed E-state index contributed by atoms with van der Waals surface area (Å²) in [5.41, 5.74) is 6.20. The third kappa shape index (κ3) is 6.12. The average Bonchev–Trinajstić information content (AvgIpc) is 2.41. The molecule has 1 aromatic carbocycles. The van der Waals surface area contributed by atoms with Crippen molar-refractivity contribution in [3.05, 3.63) is 24.0 Å². The molecule has 0 aromatic heterocycles. The number of nitrogens with two attached hydrogens (primary N) is 1. The Balaban J connectivity index is 2.69. The maximum atomic E-state index is 13.2. The molecule has 0 fully saturated rings. The van der Waals surface area contributed by atoms with E-state index >= 15 is 0 Å². The second-order valence-corrected chi connectivity index (χ2v) is 5.56. The number of carbonyl (C=O) groups is 1. The van der Waals surface area contributed by atoms with Gasteiger partial charge in [-0.1, -0.05) is 13.8 Å². The highest BCUT2D eigenvalue weighted by molar-refractivity contribution is 5.92. The molecule has 0 heterocycles. The van der Waals surface area contributed by atoms with Crippen LogP contribution in [0.4, 0.5) is 10.1 Å². The van der Waals surface area contributed by atoms with Crippen LogP contribution < -0.4 is 15.8 Å². The molecule has 3 N–H and O–H groups in total. The lowest BCUT2D eigenvalue weighted by molar-refractivity contribution is -0.117. The summed E-state index contributed by atoms with van der Waals surface area (Å²) < 4.78 is 18.5. The molecule has 0 aliphatic heterocycles. The Bertz CT molecular complexity index is 464. The fraction of sp³-hybridized carbons (Fsp3) is 0.562. The zero-order valence-corrected chi connectivity index (χ0v) is 13.0. The number of rotatable bonds is 8. The molecule has 1 atom stereocenters. The molecule has 0 unspecified atom stereocenters. The number of ether oxygens (including phenoxy) is 1. The van der Waals surface area contributed by atoms with E-state index in [1.165, 1.54) is 18.2 Å². The van der Waals surface area contributed by atoms with Crippen molar-refractivity contribution in [2.75, 3.05) is 18.5 Å². The monoisotopic (exact) mass is 296 g/mol. The number of hydrogen-bond acceptors (Lipinski definition) is 3. The SMILES string of the molecule is CCOc1cc(F)ccc1NC(=O)C[C@@H](CN)CC(C)C. The first-order valence-corrected chi connectivity index (χ1v) is 7.38. The molecule has 1 aromatic rings. The molecule has 0 aliphatic rings. The molecule has 5 heteroatoms. The lowest BCUT2D eigenvalue weighted by atomic mass is 9.94. The molecule has 0 saturated carbocycles. The van der Waals surface area contributed by atoms with Crippen molar-refractivity contribution in [1.82, 2.24) is 0 Å². The number of nitrogens with one attached hydrogen (secondary N) is 1. The van der Waals surface area contributed by atoms with E-state index < -0.39 is 5.82 Å². The van der Waals surface area contributed by atoms with Crippen LogP contribution in [0.25, 0.3) is 0 Å². The molecular weight excluding hydrogens is 271 g/mol. The van der Waals surface area contributed by atoms with Crippen molar-refractivity contribution in [1.29, 1.82) is 0 Å². The van der Waals surface area contributed by atoms with Crippen LogP contribution in [0.5, 0.6) is 5.75 Å². The van der Waals surface area contributed by atoms with Crippen LogP contribution in [-0.2, 0) is 4.79 Å². The first-order chi connectivity index (χ1) is 9.96. The van der Waals surface area contributed by atoms with Gasteiger partial charge in [0.15, 0.2) is 0 Å². The van der Waals surface area contributed by atoms with E-state index in [2.05, 4.69) is 19.2 Å². The van der Waals surface area contributed by atoms with E-state index in [0.717, 1.165) is 6.42 Å². The number of anilines is 1. The molecular formula is C16H25FN2O2. The van der Waals surface area contributed by atoms with Gasteiger partial charge in [0.2, 0.25) is 5.91 Å². The Morgan fingerprint density at radius 3 is 2.71 bits per heavy atom. The van der Waals surface area contributed by atoms with Gasteiger partial charge in [0.1, 0.15) is 11.6 Å². The van der Waals surface area contributed by atoms with Gasteiger partial charge >= 0.3 is 0 Å². The minimum absolute atomic E-state index is 0.126. The van der Waals surface area contributed by atoms with Gasteiger partial charge in [0.05, 0.1) is 12.3 Å². The molecule has 1 amide bonds. The summed E-state index contributed by atoms with van der Waals surface area (Å²) >= 11 is 0. The summed E-state index contributed by atoms with van der Waals surface area (Å²) in [6.45, 7) is 6.91. The lowest BCUT2D eigenvalue weighted by Gasteiger charge is -2.17. The summed E-state index contributed by atoms with van der Waals surface area (Å²) in [6, 6.07) is 4.08. The van der Waals surface area contributed by atoms with Crippen molar-refractivity contribution in [3.63, 3.8) is 0 Å². The second-order valence-electron chi connectivity index (χ2n) is 5.56. The van der Waals surface area contributed by atoms with Crippen LogP contribution in [-0.4, -0.2) is 19.1 Å². The van der Waals surface area contributed by atoms with Gasteiger partial charge in [-0.3, -0.25) is 4.79 Å². The standard InChI is InChI=1S/C16H25FN2O2/c1-4-21-15-9-13(17)5-6-14(15)19-16(20)8-12(10-18)7-11(2)3/h5-6,9,11-12H,4,7-8,10,18H2,1-3H3,(H,19,20)/t12-/m0/s1. The quantitative estimate of drug-likeness (QED) is 0.774. The Morgan fingerprint density at radius 2 is 2.14 bits per heavy atom. The summed E-state index contributed by atoms with van der Waals surface area (Å²) in [5, 5.41) is 2.77. The summed E-state index contributed by atoms with van der Waals surface area (Å²) in [4.78, 5) is 12.1. The van der Waals surface area contributed by atoms with Crippen LogP contribution in [0.3, 0.4) is 0 Å². The van der Waals surface area contributed by atoms with Crippen molar-refractivity contribution < 1.29 is 13.9 Å². The Kier molecular flexibility index (Phi) is 7.15. The highest BCUT2D eigenvalue weighted by atomic mass is 19.1. The molecule has 4 nitrogen and oxygen atoms in total. The molecule has 118 valence electrons. The Morgan fingerprint density at radius 1 is 1.43 bits per heavy atom. The van der Waals surface area contributed by atoms with Gasteiger partial charge in [-0.25, -0.2) is 4.39 Å². The summed E-state index contributed by atoms with van der Waals surface area (Å²) in [6.07, 6.45) is 1.27. The summed E-state index contributed by atoms with van der Waals surface area (Å²) in [5.74, 6) is 0.478. The second kappa shape index (κ2) is 8.62. The smallest absolute Gasteiger partial charge is 0.224 e. The molecule has 21 heavy (non-hydrogen) atoms. The van der Waals surface area contributed by atoms with Gasteiger partial charge in [0.25, 0.3) is 0 Å². The number of benzene rings is 1. The topological polar surface area (TPSA) is 64.3 Å². The number of hydrogen-bond donors (Lipinski definition) is 2. The average molecular weight is 296 g/mol. The number of amides is 1. The number of carbonyl (C=O) groups excluding carboxylic acids is 1. The van der Waals surface area contributed by atoms with E-state index in [-0.39, 0.29) is 11.8 Å². The van der Waals surface area contributed by atoms with E-state index in [9.17, 15) is 9.18 Å². The van der Waals surface area contributed by atoms with Crippen LogP contribution in [0, 0.1) is 17.7 Å². The lowest BCUT2D eigenvalue weighted by Crippen LogP contribution is -2.23. The molecule has 0 aliphatic carbocycles. The maximum Gasteiger partial charge on any atom is 0.224 e. The van der Waals surface area contributed by atoms with E-state index in [1.807, 2.05) is 6.92 Å². The van der Waals surface area contributed by atoms with E-state index in [4.69, 9.17) is 10.5 Å². The molecule has 0 spiro atoms. The van der Waals surface area contributed by atoms with Crippen molar-refractivity contribution in [2.45, 2.75) is 33.6 Å². The van der Waals surface area contributed by atoms with E-state index in [1.54, 1.807) is 0 Å². The Labute approximate surface area is 125 Å². The minimum Gasteiger partial charge on any atom is -0.492 e. The molecule has 0 radical (unpaired) electrons. The minimum atomic E-state index is -0.393. The zero-order chi connectivity index (χ0) is 15.8. The fourth-order valence-electron chi connectivity index (χ4n) is 2.27. The first-order valence-electron chi connectivity index (χ1n) is 7.38. The van der Waals surface area contributed by atoms with Crippen LogP contribution in [0.2, 0.25) is 0 Å². The fourth-order valence-corrected chi connectivity index (χ4v) is 2.27. The maximum absolute atomic E-state index is 13.2. The zero-order valence-electron chi connectivity index (χ0n) is 13.0. The summed E-state index contributed by atoms with van der Waals surface area (Å²) in [7, 11) is 0. The van der Waals surface area contributed by atoms with Gasteiger partial charge in [-0.2, -0.15) is 0 Å². The van der Waals surface area contributed by atoms with Gasteiger partial charge in [-0.15, -0.1) is 0 Å². The molecule has 0 bridgehead atoms. The van der Waals surface area contributed by atoms with Gasteiger partial charge in [0, 0.05) is 12.5 Å². The normalized spacial score (nSPS) is 12.3. The molecule has 1 rings (SSSR count). The third-order valence-corrected chi connectivity index (χ3v) is 3.13. The van der Waals surface area contributed by atoms with E-state index in [0.29, 0.717) is 36.9 Å². The largest absolute Gasteiger partial charge is 0.492 e. The van der Waals surface area contributed by atoms with Crippen LogP contribution >= 0.6 is 0 Å². The Hall–Kier alpha value is -1.62. The van der Waals surface area contributed by atoms with Crippen LogP contribution in [0.15, 0.2) is 18.2 Å². The first kappa shape index (κ1) is 17.4. The van der Waals surface area contributed by atoms with Crippen LogP contribution in [0.1, 0.15) is 33.6 Å². The van der Waals surface area contributed by atoms with Gasteiger partial charge < -0.3 is 15.8 Å². The third-order valence-electron chi connectivity index (χ3n) is 3.13. The van der Waals surface area contributed by atoms with Crippen molar-refractivity contribution in [2.24, 2.45) is 17.6 Å². The predicted molar refractivity (Wildman–Crippen MR) is 82.8 cm³/mol. The molecule has 0 saturated heterocycles.